The summed E-state index contributed by atoms with van der Waals surface area (Å²) in [5.41, 5.74) is 1.46. The molecular weight excluding hydrogens is 247 g/mol. The van der Waals surface area contributed by atoms with E-state index in [4.69, 9.17) is 0 Å². The second-order valence-corrected chi connectivity index (χ2v) is 4.10. The van der Waals surface area contributed by atoms with Gasteiger partial charge >= 0.3 is 0 Å². The van der Waals surface area contributed by atoms with Gasteiger partial charge in [0.25, 0.3) is 0 Å². The van der Waals surface area contributed by atoms with Gasteiger partial charge in [-0.25, -0.2) is 4.39 Å². The maximum absolute atomic E-state index is 13.3. The van der Waals surface area contributed by atoms with Crippen molar-refractivity contribution in [1.29, 1.82) is 0 Å². The zero-order chi connectivity index (χ0) is 10.7. The number of hydrogen-bond donors (Lipinski definition) is 0. The van der Waals surface area contributed by atoms with E-state index in [0.717, 1.165) is 12.0 Å². The van der Waals surface area contributed by atoms with Crippen molar-refractivity contribution in [3.8, 4) is 0 Å². The number of ketones is 1. The molecule has 1 unspecified atom stereocenters. The molecule has 0 bridgehead atoms. The molecule has 76 valence electrons. The van der Waals surface area contributed by atoms with Crippen molar-refractivity contribution in [2.24, 2.45) is 0 Å². The molecule has 0 saturated carbocycles. The average molecular weight is 259 g/mol. The summed E-state index contributed by atoms with van der Waals surface area (Å²) >= 11 is 3.17. The van der Waals surface area contributed by atoms with Crippen LogP contribution < -0.4 is 0 Å². The lowest BCUT2D eigenvalue weighted by molar-refractivity contribution is -0.116. The summed E-state index contributed by atoms with van der Waals surface area (Å²) in [5.74, 6) is -0.420. The number of hydrogen-bond acceptors (Lipinski definition) is 1. The molecule has 1 rings (SSSR count). The third-order valence-electron chi connectivity index (χ3n) is 2.10. The summed E-state index contributed by atoms with van der Waals surface area (Å²) in [6.07, 6.45) is 0.838. The minimum Gasteiger partial charge on any atom is -0.298 e. The van der Waals surface area contributed by atoms with Gasteiger partial charge in [0.2, 0.25) is 0 Å². The fourth-order valence-corrected chi connectivity index (χ4v) is 1.58. The predicted octanol–water partition coefficient (Wildman–Crippen LogP) is 3.41. The Bertz CT molecular complexity index is 349. The number of rotatable bonds is 3. The number of carbonyl (C=O) groups excluding carboxylic acids is 1. The third-order valence-corrected chi connectivity index (χ3v) is 3.24. The molecule has 0 aliphatic carbocycles. The SMILES string of the molecule is CCc1ccc(F)c(C(Br)C(C)=O)c1. The molecular formula is C11H12BrFO. The monoisotopic (exact) mass is 258 g/mol. The van der Waals surface area contributed by atoms with Gasteiger partial charge < -0.3 is 0 Å². The highest BCUT2D eigenvalue weighted by atomic mass is 79.9. The van der Waals surface area contributed by atoms with E-state index in [-0.39, 0.29) is 11.6 Å². The minimum absolute atomic E-state index is 0.0860. The number of benzene rings is 1. The minimum atomic E-state index is -0.533. The van der Waals surface area contributed by atoms with Crippen molar-refractivity contribution in [2.45, 2.75) is 25.1 Å². The Kier molecular flexibility index (Phi) is 3.81. The number of carbonyl (C=O) groups is 1. The van der Waals surface area contributed by atoms with Crippen LogP contribution in [0.15, 0.2) is 18.2 Å². The smallest absolute Gasteiger partial charge is 0.147 e. The second kappa shape index (κ2) is 4.69. The second-order valence-electron chi connectivity index (χ2n) is 3.18. The van der Waals surface area contributed by atoms with Gasteiger partial charge in [-0.05, 0) is 25.0 Å². The van der Waals surface area contributed by atoms with Gasteiger partial charge in [0.05, 0.1) is 0 Å². The average Bonchev–Trinajstić information content (AvgIpc) is 2.17. The number of alkyl halides is 1. The highest BCUT2D eigenvalue weighted by molar-refractivity contribution is 9.09. The van der Waals surface area contributed by atoms with E-state index < -0.39 is 4.83 Å². The van der Waals surface area contributed by atoms with Crippen molar-refractivity contribution < 1.29 is 9.18 Å². The predicted molar refractivity (Wildman–Crippen MR) is 58.1 cm³/mol. The third kappa shape index (κ3) is 2.41. The van der Waals surface area contributed by atoms with Crippen molar-refractivity contribution in [2.75, 3.05) is 0 Å². The molecule has 0 saturated heterocycles. The topological polar surface area (TPSA) is 17.1 Å². The molecule has 0 aromatic heterocycles. The molecule has 0 heterocycles. The Balaban J connectivity index is 3.11. The largest absolute Gasteiger partial charge is 0.298 e. The van der Waals surface area contributed by atoms with Crippen LogP contribution in [0.3, 0.4) is 0 Å². The van der Waals surface area contributed by atoms with Crippen molar-refractivity contribution in [3.05, 3.63) is 35.1 Å². The van der Waals surface area contributed by atoms with Gasteiger partial charge in [-0.1, -0.05) is 35.0 Å². The maximum Gasteiger partial charge on any atom is 0.147 e. The summed E-state index contributed by atoms with van der Waals surface area (Å²) in [5, 5.41) is 0. The zero-order valence-corrected chi connectivity index (χ0v) is 9.77. The van der Waals surface area contributed by atoms with Crippen LogP contribution in [0, 0.1) is 5.82 Å². The van der Waals surface area contributed by atoms with Crippen LogP contribution in [-0.2, 0) is 11.2 Å². The molecule has 0 spiro atoms. The van der Waals surface area contributed by atoms with Crippen LogP contribution in [0.2, 0.25) is 0 Å². The molecule has 3 heteroatoms. The first-order valence-corrected chi connectivity index (χ1v) is 5.40. The normalized spacial score (nSPS) is 12.6. The van der Waals surface area contributed by atoms with Crippen LogP contribution >= 0.6 is 15.9 Å². The molecule has 14 heavy (non-hydrogen) atoms. The number of aryl methyl sites for hydroxylation is 1. The molecule has 0 radical (unpaired) electrons. The first-order valence-electron chi connectivity index (χ1n) is 4.49. The molecule has 1 aromatic rings. The lowest BCUT2D eigenvalue weighted by Gasteiger charge is -2.09. The molecule has 0 amide bonds. The van der Waals surface area contributed by atoms with E-state index in [1.807, 2.05) is 6.92 Å². The summed E-state index contributed by atoms with van der Waals surface area (Å²) in [6.45, 7) is 3.44. The standard InChI is InChI=1S/C11H12BrFO/c1-3-8-4-5-10(13)9(6-8)11(12)7(2)14/h4-6,11H,3H2,1-2H3. The first-order chi connectivity index (χ1) is 6.56. The molecule has 0 fully saturated rings. The quantitative estimate of drug-likeness (QED) is 0.760. The Morgan fingerprint density at radius 1 is 1.57 bits per heavy atom. The zero-order valence-electron chi connectivity index (χ0n) is 8.18. The summed E-state index contributed by atoms with van der Waals surface area (Å²) < 4.78 is 13.3. The number of Topliss-reactive ketones (excluding diaryl/α,β-unsaturated/α-hetero) is 1. The van der Waals surface area contributed by atoms with Crippen LogP contribution in [0.25, 0.3) is 0 Å². The first kappa shape index (κ1) is 11.4. The highest BCUT2D eigenvalue weighted by Gasteiger charge is 2.16. The van der Waals surface area contributed by atoms with E-state index in [1.54, 1.807) is 12.1 Å². The van der Waals surface area contributed by atoms with E-state index in [9.17, 15) is 9.18 Å². The number of halogens is 2. The fraction of sp³-hybridized carbons (Fsp3) is 0.364. The van der Waals surface area contributed by atoms with Crippen molar-refractivity contribution >= 4 is 21.7 Å². The molecule has 1 aromatic carbocycles. The molecule has 0 aliphatic rings. The Morgan fingerprint density at radius 2 is 2.21 bits per heavy atom. The van der Waals surface area contributed by atoms with Gasteiger partial charge in [0.15, 0.2) is 0 Å². The van der Waals surface area contributed by atoms with Gasteiger partial charge in [-0.3, -0.25) is 4.79 Å². The molecule has 0 aliphatic heterocycles. The Hall–Kier alpha value is -0.700. The fourth-order valence-electron chi connectivity index (χ4n) is 1.23. The van der Waals surface area contributed by atoms with Crippen molar-refractivity contribution in [1.82, 2.24) is 0 Å². The van der Waals surface area contributed by atoms with E-state index in [1.165, 1.54) is 13.0 Å². The summed E-state index contributed by atoms with van der Waals surface area (Å²) in [4.78, 5) is 10.5. The van der Waals surface area contributed by atoms with Crippen LogP contribution in [0.5, 0.6) is 0 Å². The van der Waals surface area contributed by atoms with E-state index in [0.29, 0.717) is 5.56 Å². The molecule has 1 nitrogen and oxygen atoms in total. The van der Waals surface area contributed by atoms with Crippen LogP contribution in [-0.4, -0.2) is 5.78 Å². The highest BCUT2D eigenvalue weighted by Crippen LogP contribution is 2.27. The Labute approximate surface area is 91.5 Å². The van der Waals surface area contributed by atoms with Crippen molar-refractivity contribution in [3.63, 3.8) is 0 Å². The van der Waals surface area contributed by atoms with Gasteiger partial charge in [0, 0.05) is 5.56 Å². The van der Waals surface area contributed by atoms with Gasteiger partial charge in [-0.15, -0.1) is 0 Å². The van der Waals surface area contributed by atoms with Crippen LogP contribution in [0.1, 0.15) is 29.8 Å². The molecule has 1 atom stereocenters. The van der Waals surface area contributed by atoms with Gasteiger partial charge in [0.1, 0.15) is 16.4 Å². The van der Waals surface area contributed by atoms with Crippen LogP contribution in [0.4, 0.5) is 4.39 Å². The Morgan fingerprint density at radius 3 is 2.71 bits per heavy atom. The summed E-state index contributed by atoms with van der Waals surface area (Å²) in [6, 6.07) is 4.88. The van der Waals surface area contributed by atoms with Gasteiger partial charge in [-0.2, -0.15) is 0 Å². The van der Waals surface area contributed by atoms with E-state index in [2.05, 4.69) is 15.9 Å². The lowest BCUT2D eigenvalue weighted by Crippen LogP contribution is -2.04. The lowest BCUT2D eigenvalue weighted by atomic mass is 10.0. The molecule has 0 N–H and O–H groups in total. The van der Waals surface area contributed by atoms with E-state index >= 15 is 0 Å². The maximum atomic E-state index is 13.3. The summed E-state index contributed by atoms with van der Waals surface area (Å²) in [7, 11) is 0.